The molecule has 0 aliphatic rings. The third-order valence-electron chi connectivity index (χ3n) is 4.18. The zero-order chi connectivity index (χ0) is 23.0. The summed E-state index contributed by atoms with van der Waals surface area (Å²) in [6.45, 7) is 4.88. The standard InChI is InChI=1S/C22H19F3O6/c1-21(2,3)20(27)30-14-9-10-15-16(11-14)31-19(22(23,24)25)18(17(15)26)29-13-7-5-12(28-4)6-8-13/h5-11H,1-4H3. The van der Waals surface area contributed by atoms with E-state index in [0.717, 1.165) is 6.07 Å². The number of hydrogen-bond donors (Lipinski definition) is 0. The van der Waals surface area contributed by atoms with Crippen molar-refractivity contribution in [3.63, 3.8) is 0 Å². The van der Waals surface area contributed by atoms with E-state index in [4.69, 9.17) is 18.6 Å². The van der Waals surface area contributed by atoms with Gasteiger partial charge in [-0.2, -0.15) is 13.2 Å². The molecule has 3 aromatic rings. The van der Waals surface area contributed by atoms with Crippen molar-refractivity contribution in [2.75, 3.05) is 7.11 Å². The molecule has 2 aromatic carbocycles. The number of rotatable bonds is 4. The number of ether oxygens (including phenoxy) is 3. The van der Waals surface area contributed by atoms with Gasteiger partial charge in [-0.25, -0.2) is 0 Å². The summed E-state index contributed by atoms with van der Waals surface area (Å²) in [7, 11) is 1.43. The fourth-order valence-corrected chi connectivity index (χ4v) is 2.52. The summed E-state index contributed by atoms with van der Waals surface area (Å²) < 4.78 is 61.3. The molecule has 0 spiro atoms. The molecule has 0 saturated heterocycles. The van der Waals surface area contributed by atoms with Gasteiger partial charge in [-0.3, -0.25) is 9.59 Å². The predicted octanol–water partition coefficient (Wildman–Crippen LogP) is 5.56. The van der Waals surface area contributed by atoms with Gasteiger partial charge < -0.3 is 18.6 Å². The van der Waals surface area contributed by atoms with Gasteiger partial charge in [0.2, 0.25) is 11.2 Å². The van der Waals surface area contributed by atoms with Gasteiger partial charge in [0.1, 0.15) is 22.8 Å². The first kappa shape index (κ1) is 22.2. The molecule has 0 radical (unpaired) electrons. The van der Waals surface area contributed by atoms with Crippen LogP contribution in [0.3, 0.4) is 0 Å². The van der Waals surface area contributed by atoms with E-state index in [9.17, 15) is 22.8 Å². The Balaban J connectivity index is 2.09. The predicted molar refractivity (Wildman–Crippen MR) is 106 cm³/mol. The highest BCUT2D eigenvalue weighted by molar-refractivity contribution is 5.82. The number of methoxy groups -OCH3 is 1. The van der Waals surface area contributed by atoms with E-state index < -0.39 is 40.1 Å². The average molecular weight is 436 g/mol. The van der Waals surface area contributed by atoms with Crippen LogP contribution in [0, 0.1) is 5.41 Å². The molecule has 31 heavy (non-hydrogen) atoms. The van der Waals surface area contributed by atoms with Crippen molar-refractivity contribution < 1.29 is 36.6 Å². The Labute approximate surface area is 175 Å². The Morgan fingerprint density at radius 1 is 0.935 bits per heavy atom. The van der Waals surface area contributed by atoms with E-state index >= 15 is 0 Å². The molecule has 9 heteroatoms. The number of benzene rings is 2. The minimum atomic E-state index is -5.01. The molecular weight excluding hydrogens is 417 g/mol. The highest BCUT2D eigenvalue weighted by Crippen LogP contribution is 2.39. The highest BCUT2D eigenvalue weighted by Gasteiger charge is 2.40. The molecular formula is C22H19F3O6. The third-order valence-corrected chi connectivity index (χ3v) is 4.18. The summed E-state index contributed by atoms with van der Waals surface area (Å²) in [4.78, 5) is 24.8. The van der Waals surface area contributed by atoms with Crippen LogP contribution in [-0.4, -0.2) is 13.1 Å². The molecule has 0 amide bonds. The van der Waals surface area contributed by atoms with E-state index in [1.807, 2.05) is 0 Å². The highest BCUT2D eigenvalue weighted by atomic mass is 19.4. The fraction of sp³-hybridized carbons (Fsp3) is 0.273. The first-order valence-corrected chi connectivity index (χ1v) is 9.12. The van der Waals surface area contributed by atoms with Crippen molar-refractivity contribution in [3.05, 3.63) is 58.4 Å². The molecule has 0 bridgehead atoms. The van der Waals surface area contributed by atoms with Crippen molar-refractivity contribution in [1.82, 2.24) is 0 Å². The SMILES string of the molecule is COc1ccc(Oc2c(C(F)(F)F)oc3cc(OC(=O)C(C)(C)C)ccc3c2=O)cc1. The van der Waals surface area contributed by atoms with Crippen LogP contribution in [-0.2, 0) is 11.0 Å². The van der Waals surface area contributed by atoms with Gasteiger partial charge in [-0.1, -0.05) is 0 Å². The second kappa shape index (κ2) is 7.98. The number of halogens is 3. The summed E-state index contributed by atoms with van der Waals surface area (Å²) in [5, 5.41) is -0.160. The molecule has 3 rings (SSSR count). The van der Waals surface area contributed by atoms with E-state index in [-0.39, 0.29) is 16.9 Å². The Morgan fingerprint density at radius 2 is 1.52 bits per heavy atom. The Bertz CT molecular complexity index is 1170. The van der Waals surface area contributed by atoms with Crippen LogP contribution in [0.25, 0.3) is 11.0 Å². The van der Waals surface area contributed by atoms with Crippen molar-refractivity contribution in [3.8, 4) is 23.0 Å². The maximum Gasteiger partial charge on any atom is 0.453 e. The van der Waals surface area contributed by atoms with Crippen LogP contribution >= 0.6 is 0 Å². The summed E-state index contributed by atoms with van der Waals surface area (Å²) in [6, 6.07) is 9.24. The molecule has 0 fully saturated rings. The van der Waals surface area contributed by atoms with E-state index in [2.05, 4.69) is 0 Å². The Kier molecular flexibility index (Phi) is 5.71. The van der Waals surface area contributed by atoms with Gasteiger partial charge in [0.15, 0.2) is 0 Å². The van der Waals surface area contributed by atoms with Crippen molar-refractivity contribution in [2.24, 2.45) is 5.41 Å². The largest absolute Gasteiger partial charge is 0.497 e. The zero-order valence-electron chi connectivity index (χ0n) is 17.1. The summed E-state index contributed by atoms with van der Waals surface area (Å²) >= 11 is 0. The van der Waals surface area contributed by atoms with Gasteiger partial charge >= 0.3 is 12.1 Å². The normalized spacial score (nSPS) is 12.0. The summed E-state index contributed by atoms with van der Waals surface area (Å²) in [5.74, 6) is -2.78. The lowest BCUT2D eigenvalue weighted by Crippen LogP contribution is -2.25. The van der Waals surface area contributed by atoms with E-state index in [1.54, 1.807) is 20.8 Å². The molecule has 1 aromatic heterocycles. The smallest absolute Gasteiger partial charge is 0.453 e. The molecule has 164 valence electrons. The first-order chi connectivity index (χ1) is 14.4. The third kappa shape index (κ3) is 4.82. The summed E-state index contributed by atoms with van der Waals surface area (Å²) in [6.07, 6.45) is -5.01. The second-order valence-corrected chi connectivity index (χ2v) is 7.66. The zero-order valence-corrected chi connectivity index (χ0v) is 17.1. The van der Waals surface area contributed by atoms with Crippen LogP contribution in [0.5, 0.6) is 23.0 Å². The minimum absolute atomic E-state index is 0.00585. The lowest BCUT2D eigenvalue weighted by molar-refractivity contribution is -0.154. The maximum absolute atomic E-state index is 13.6. The van der Waals surface area contributed by atoms with Crippen molar-refractivity contribution >= 4 is 16.9 Å². The molecule has 0 aliphatic heterocycles. The molecule has 0 N–H and O–H groups in total. The lowest BCUT2D eigenvalue weighted by Gasteiger charge is -2.17. The quantitative estimate of drug-likeness (QED) is 0.394. The monoisotopic (exact) mass is 436 g/mol. The van der Waals surface area contributed by atoms with E-state index in [1.165, 1.54) is 43.5 Å². The van der Waals surface area contributed by atoms with Gasteiger partial charge in [-0.15, -0.1) is 0 Å². The van der Waals surface area contributed by atoms with Crippen LogP contribution in [0.2, 0.25) is 0 Å². The Hall–Kier alpha value is -3.49. The Morgan fingerprint density at radius 3 is 2.06 bits per heavy atom. The molecule has 0 aliphatic carbocycles. The number of fused-ring (bicyclic) bond motifs is 1. The number of esters is 1. The van der Waals surface area contributed by atoms with Crippen LogP contribution in [0.15, 0.2) is 51.7 Å². The molecule has 1 heterocycles. The minimum Gasteiger partial charge on any atom is -0.497 e. The van der Waals surface area contributed by atoms with Crippen LogP contribution in [0.4, 0.5) is 13.2 Å². The number of carbonyl (C=O) groups excluding carboxylic acids is 1. The first-order valence-electron chi connectivity index (χ1n) is 9.12. The number of carbonyl (C=O) groups is 1. The molecule has 6 nitrogen and oxygen atoms in total. The molecule has 0 saturated carbocycles. The van der Waals surface area contributed by atoms with E-state index in [0.29, 0.717) is 5.75 Å². The maximum atomic E-state index is 13.6. The van der Waals surface area contributed by atoms with Gasteiger partial charge in [-0.05, 0) is 57.2 Å². The van der Waals surface area contributed by atoms with Crippen LogP contribution < -0.4 is 19.6 Å². The van der Waals surface area contributed by atoms with Crippen LogP contribution in [0.1, 0.15) is 26.5 Å². The van der Waals surface area contributed by atoms with Gasteiger partial charge in [0, 0.05) is 6.07 Å². The van der Waals surface area contributed by atoms with Gasteiger partial charge in [0.25, 0.3) is 5.76 Å². The van der Waals surface area contributed by atoms with Gasteiger partial charge in [0.05, 0.1) is 17.9 Å². The van der Waals surface area contributed by atoms with Crippen molar-refractivity contribution in [2.45, 2.75) is 26.9 Å². The topological polar surface area (TPSA) is 75.0 Å². The average Bonchev–Trinajstić information content (AvgIpc) is 2.69. The fourth-order valence-electron chi connectivity index (χ4n) is 2.52. The summed E-state index contributed by atoms with van der Waals surface area (Å²) in [5.41, 5.74) is -2.24. The van der Waals surface area contributed by atoms with Crippen molar-refractivity contribution in [1.29, 1.82) is 0 Å². The number of alkyl halides is 3. The lowest BCUT2D eigenvalue weighted by atomic mass is 9.97. The molecule has 0 unspecified atom stereocenters. The number of hydrogen-bond acceptors (Lipinski definition) is 6. The molecule has 0 atom stereocenters. The second-order valence-electron chi connectivity index (χ2n) is 7.66.